The van der Waals surface area contributed by atoms with Crippen LogP contribution in [-0.2, 0) is 9.93 Å². The normalized spacial score (nSPS) is 9.44. The Kier molecular flexibility index (Phi) is 2.06. The van der Waals surface area contributed by atoms with Gasteiger partial charge in [-0.25, -0.2) is 9.97 Å². The van der Waals surface area contributed by atoms with Crippen LogP contribution in [0.4, 0.5) is 0 Å². The Bertz CT molecular complexity index is 151. The summed E-state index contributed by atoms with van der Waals surface area (Å²) in [5.74, 6) is 0. The highest BCUT2D eigenvalue weighted by atomic mass is 17.5. The molecule has 0 saturated heterocycles. The maximum atomic E-state index is 4.43. The third-order valence-electron chi connectivity index (χ3n) is 0.665. The fraction of sp³-hybridized carbons (Fsp3) is 0.250. The summed E-state index contributed by atoms with van der Waals surface area (Å²) < 4.78 is 1.25. The van der Waals surface area contributed by atoms with Gasteiger partial charge < -0.3 is 0 Å². The Morgan fingerprint density at radius 2 is 2.44 bits per heavy atom. The summed E-state index contributed by atoms with van der Waals surface area (Å²) in [6.45, 7) is 0. The van der Waals surface area contributed by atoms with Crippen molar-refractivity contribution < 1.29 is 14.9 Å². The van der Waals surface area contributed by atoms with E-state index in [9.17, 15) is 0 Å². The monoisotopic (exact) mass is 130 g/mol. The van der Waals surface area contributed by atoms with Crippen LogP contribution in [0.25, 0.3) is 0 Å². The minimum Gasteiger partial charge on any atom is -0.242 e. The number of imidazole rings is 1. The fourth-order valence-corrected chi connectivity index (χ4v) is 0.357. The molecule has 0 amide bonds. The second-order valence-electron chi connectivity index (χ2n) is 1.23. The van der Waals surface area contributed by atoms with Crippen molar-refractivity contribution in [2.45, 2.75) is 0 Å². The molecule has 0 aliphatic rings. The van der Waals surface area contributed by atoms with E-state index in [1.54, 1.807) is 12.4 Å². The molecule has 1 aromatic heterocycles. The van der Waals surface area contributed by atoms with E-state index in [4.69, 9.17) is 0 Å². The van der Waals surface area contributed by atoms with Crippen molar-refractivity contribution in [2.75, 3.05) is 7.11 Å². The fourth-order valence-electron chi connectivity index (χ4n) is 0.357. The number of hydrogen-bond donors (Lipinski definition) is 0. The molecular weight excluding hydrogens is 124 g/mol. The van der Waals surface area contributed by atoms with Gasteiger partial charge in [0.2, 0.25) is 0 Å². The van der Waals surface area contributed by atoms with Crippen molar-refractivity contribution in [3.05, 3.63) is 18.7 Å². The van der Waals surface area contributed by atoms with Gasteiger partial charge in [0.15, 0.2) is 0 Å². The van der Waals surface area contributed by atoms with Crippen LogP contribution in [0, 0.1) is 0 Å². The van der Waals surface area contributed by atoms with Crippen molar-refractivity contribution in [3.63, 3.8) is 0 Å². The molecule has 0 spiro atoms. The first kappa shape index (κ1) is 6.06. The van der Waals surface area contributed by atoms with Gasteiger partial charge in [0.25, 0.3) is 0 Å². The molecule has 0 atom stereocenters. The second-order valence-corrected chi connectivity index (χ2v) is 1.23. The van der Waals surface area contributed by atoms with Gasteiger partial charge in [0.1, 0.15) is 6.33 Å². The molecule has 0 radical (unpaired) electrons. The molecule has 1 aromatic rings. The van der Waals surface area contributed by atoms with Crippen LogP contribution in [0.1, 0.15) is 0 Å². The summed E-state index contributed by atoms with van der Waals surface area (Å²) in [5, 5.41) is 4.10. The Morgan fingerprint density at radius 1 is 1.56 bits per heavy atom. The first-order chi connectivity index (χ1) is 4.43. The van der Waals surface area contributed by atoms with Crippen LogP contribution in [0.3, 0.4) is 0 Å². The van der Waals surface area contributed by atoms with Crippen molar-refractivity contribution >= 4 is 0 Å². The molecule has 0 N–H and O–H groups in total. The summed E-state index contributed by atoms with van der Waals surface area (Å²) in [7, 11) is 1.34. The van der Waals surface area contributed by atoms with Crippen LogP contribution in [-0.4, -0.2) is 16.8 Å². The number of hydrogen-bond acceptors (Lipinski definition) is 4. The lowest BCUT2D eigenvalue weighted by Crippen LogP contribution is -2.08. The standard InChI is InChI=1S/C4H6N2O3/c1-7-9-8-6-3-2-5-4-6/h2-4H,1H3. The minimum atomic E-state index is 1.25. The molecule has 0 bridgehead atoms. The molecule has 1 heterocycles. The first-order valence-electron chi connectivity index (χ1n) is 2.29. The summed E-state index contributed by atoms with van der Waals surface area (Å²) in [6, 6.07) is 0. The average Bonchev–Trinajstić information content (AvgIpc) is 2.34. The average molecular weight is 130 g/mol. The minimum absolute atomic E-state index is 1.25. The lowest BCUT2D eigenvalue weighted by Gasteiger charge is -1.96. The van der Waals surface area contributed by atoms with Gasteiger partial charge in [-0.15, -0.1) is 4.73 Å². The largest absolute Gasteiger partial charge is 0.242 e. The topological polar surface area (TPSA) is 45.5 Å². The van der Waals surface area contributed by atoms with Gasteiger partial charge in [-0.05, 0) is 0 Å². The zero-order valence-corrected chi connectivity index (χ0v) is 4.85. The van der Waals surface area contributed by atoms with Crippen LogP contribution < -0.4 is 4.99 Å². The maximum absolute atomic E-state index is 4.43. The lowest BCUT2D eigenvalue weighted by molar-refractivity contribution is -0.497. The Balaban J connectivity index is 2.30. The van der Waals surface area contributed by atoms with Crippen LogP contribution in [0.5, 0.6) is 0 Å². The van der Waals surface area contributed by atoms with Crippen molar-refractivity contribution in [1.82, 2.24) is 9.71 Å². The quantitative estimate of drug-likeness (QED) is 0.420. The third kappa shape index (κ3) is 1.71. The van der Waals surface area contributed by atoms with Gasteiger partial charge >= 0.3 is 0 Å². The maximum Gasteiger partial charge on any atom is 0.135 e. The molecule has 0 aromatic carbocycles. The summed E-state index contributed by atoms with van der Waals surface area (Å²) in [4.78, 5) is 12.2. The zero-order valence-electron chi connectivity index (χ0n) is 4.85. The first-order valence-corrected chi connectivity index (χ1v) is 2.29. The summed E-state index contributed by atoms with van der Waals surface area (Å²) >= 11 is 0. The van der Waals surface area contributed by atoms with Gasteiger partial charge in [0.05, 0.1) is 13.3 Å². The molecule has 9 heavy (non-hydrogen) atoms. The molecule has 0 aliphatic heterocycles. The third-order valence-corrected chi connectivity index (χ3v) is 0.665. The SMILES string of the molecule is COOOn1ccnc1. The molecular formula is C4H6N2O3. The van der Waals surface area contributed by atoms with E-state index in [2.05, 4.69) is 19.9 Å². The van der Waals surface area contributed by atoms with Crippen molar-refractivity contribution in [1.29, 1.82) is 0 Å². The van der Waals surface area contributed by atoms with E-state index < -0.39 is 0 Å². The summed E-state index contributed by atoms with van der Waals surface area (Å²) in [5.41, 5.74) is 0. The number of rotatable bonds is 3. The van der Waals surface area contributed by atoms with Gasteiger partial charge in [-0.1, -0.05) is 0 Å². The van der Waals surface area contributed by atoms with E-state index in [0.717, 1.165) is 0 Å². The molecule has 0 aliphatic carbocycles. The Morgan fingerprint density at radius 3 is 3.00 bits per heavy atom. The van der Waals surface area contributed by atoms with Crippen molar-refractivity contribution in [2.24, 2.45) is 0 Å². The van der Waals surface area contributed by atoms with Gasteiger partial charge in [0, 0.05) is 11.2 Å². The predicted molar refractivity (Wildman–Crippen MR) is 26.9 cm³/mol. The lowest BCUT2D eigenvalue weighted by atomic mass is 11.0. The molecule has 0 unspecified atom stereocenters. The molecule has 5 nitrogen and oxygen atoms in total. The molecule has 50 valence electrons. The van der Waals surface area contributed by atoms with Gasteiger partial charge in [-0.3, -0.25) is 0 Å². The predicted octanol–water partition coefficient (Wildman–Crippen LogP) is -0.195. The van der Waals surface area contributed by atoms with Crippen LogP contribution in [0.2, 0.25) is 0 Å². The van der Waals surface area contributed by atoms with E-state index in [-0.39, 0.29) is 0 Å². The van der Waals surface area contributed by atoms with E-state index in [0.29, 0.717) is 0 Å². The molecule has 1 rings (SSSR count). The van der Waals surface area contributed by atoms with Crippen LogP contribution in [0.15, 0.2) is 18.7 Å². The number of nitrogens with zero attached hydrogens (tertiary/aromatic N) is 2. The van der Waals surface area contributed by atoms with Crippen LogP contribution >= 0.6 is 0 Å². The van der Waals surface area contributed by atoms with Crippen molar-refractivity contribution in [3.8, 4) is 0 Å². The highest BCUT2D eigenvalue weighted by molar-refractivity contribution is 4.68. The summed E-state index contributed by atoms with van der Waals surface area (Å²) in [6.07, 6.45) is 4.55. The number of aromatic nitrogens is 2. The second kappa shape index (κ2) is 3.06. The van der Waals surface area contributed by atoms with E-state index in [1.165, 1.54) is 18.2 Å². The highest BCUT2D eigenvalue weighted by Gasteiger charge is 1.85. The van der Waals surface area contributed by atoms with Gasteiger partial charge in [-0.2, -0.15) is 4.89 Å². The molecule has 0 saturated carbocycles. The Hall–Kier alpha value is -1.07. The highest BCUT2D eigenvalue weighted by Crippen LogP contribution is 1.79. The zero-order chi connectivity index (χ0) is 6.53. The smallest absolute Gasteiger partial charge is 0.135 e. The van der Waals surface area contributed by atoms with E-state index >= 15 is 0 Å². The Labute approximate surface area is 51.6 Å². The molecule has 0 fully saturated rings. The molecule has 5 heteroatoms. The van der Waals surface area contributed by atoms with E-state index in [1.807, 2.05) is 0 Å².